The van der Waals surface area contributed by atoms with Crippen LogP contribution in [0.5, 0.6) is 0 Å². The van der Waals surface area contributed by atoms with Crippen molar-refractivity contribution in [1.29, 1.82) is 0 Å². The predicted molar refractivity (Wildman–Crippen MR) is 79.8 cm³/mol. The van der Waals surface area contributed by atoms with Crippen LogP contribution < -0.4 is 0 Å². The van der Waals surface area contributed by atoms with E-state index in [1.807, 2.05) is 6.07 Å². The maximum Gasteiger partial charge on any atom is 0.341 e. The maximum absolute atomic E-state index is 14.1. The largest absolute Gasteiger partial charge is 0.458 e. The molecule has 2 aliphatic rings. The summed E-state index contributed by atoms with van der Waals surface area (Å²) in [5.41, 5.74) is 1.48. The minimum atomic E-state index is -0.472. The summed E-state index contributed by atoms with van der Waals surface area (Å²) in [6.07, 6.45) is 6.55. The number of aryl methyl sites for hydroxylation is 1. The van der Waals surface area contributed by atoms with Crippen LogP contribution in [0.4, 0.5) is 4.39 Å². The molecule has 0 saturated heterocycles. The van der Waals surface area contributed by atoms with Crippen molar-refractivity contribution >= 4 is 5.97 Å². The molecule has 1 saturated carbocycles. The van der Waals surface area contributed by atoms with Crippen molar-refractivity contribution < 1.29 is 13.9 Å². The highest BCUT2D eigenvalue weighted by atomic mass is 19.1. The molecule has 1 fully saturated rings. The van der Waals surface area contributed by atoms with Gasteiger partial charge in [-0.2, -0.15) is 0 Å². The Morgan fingerprint density at radius 2 is 1.95 bits per heavy atom. The van der Waals surface area contributed by atoms with Gasteiger partial charge in [-0.1, -0.05) is 38.3 Å². The van der Waals surface area contributed by atoms with E-state index in [0.717, 1.165) is 24.3 Å². The molecule has 1 atom stereocenters. The Balaban J connectivity index is 1.77. The first-order valence-corrected chi connectivity index (χ1v) is 8.09. The van der Waals surface area contributed by atoms with E-state index in [9.17, 15) is 9.18 Å². The first kappa shape index (κ1) is 14.6. The third kappa shape index (κ3) is 2.70. The lowest BCUT2D eigenvalue weighted by Crippen LogP contribution is -2.36. The SMILES string of the molecule is CCC1CCC(C2Cc3ccc(C)c(F)c3C(=O)O2)CC1. The second-order valence-corrected chi connectivity index (χ2v) is 6.57. The molecule has 3 rings (SSSR count). The summed E-state index contributed by atoms with van der Waals surface area (Å²) in [6.45, 7) is 3.92. The molecule has 21 heavy (non-hydrogen) atoms. The van der Waals surface area contributed by atoms with E-state index in [4.69, 9.17) is 4.74 Å². The molecule has 0 spiro atoms. The monoisotopic (exact) mass is 290 g/mol. The summed E-state index contributed by atoms with van der Waals surface area (Å²) in [7, 11) is 0. The van der Waals surface area contributed by atoms with Crippen molar-refractivity contribution in [2.45, 2.75) is 58.5 Å². The van der Waals surface area contributed by atoms with Gasteiger partial charge in [0.2, 0.25) is 0 Å². The molecule has 1 unspecified atom stereocenters. The smallest absolute Gasteiger partial charge is 0.341 e. The third-order valence-electron chi connectivity index (χ3n) is 5.30. The summed E-state index contributed by atoms with van der Waals surface area (Å²) < 4.78 is 19.7. The topological polar surface area (TPSA) is 26.3 Å². The Hall–Kier alpha value is -1.38. The molecule has 0 bridgehead atoms. The molecular weight excluding hydrogens is 267 g/mol. The van der Waals surface area contributed by atoms with Gasteiger partial charge in [0, 0.05) is 6.42 Å². The first-order chi connectivity index (χ1) is 10.1. The van der Waals surface area contributed by atoms with Gasteiger partial charge in [-0.3, -0.25) is 0 Å². The summed E-state index contributed by atoms with van der Waals surface area (Å²) >= 11 is 0. The summed E-state index contributed by atoms with van der Waals surface area (Å²) in [5.74, 6) is 0.382. The van der Waals surface area contributed by atoms with Crippen molar-refractivity contribution in [3.8, 4) is 0 Å². The number of halogens is 1. The standard InChI is InChI=1S/C18H23FO2/c1-3-12-5-8-13(9-6-12)15-10-14-7-4-11(2)17(19)16(14)18(20)21-15/h4,7,12-13,15H,3,5-6,8-10H2,1-2H3. The molecule has 1 heterocycles. The lowest BCUT2D eigenvalue weighted by molar-refractivity contribution is -0.000782. The van der Waals surface area contributed by atoms with Gasteiger partial charge in [-0.25, -0.2) is 9.18 Å². The lowest BCUT2D eigenvalue weighted by Gasteiger charge is -2.35. The molecule has 3 heteroatoms. The first-order valence-electron chi connectivity index (χ1n) is 8.09. The van der Waals surface area contributed by atoms with Crippen molar-refractivity contribution in [3.05, 3.63) is 34.6 Å². The van der Waals surface area contributed by atoms with Gasteiger partial charge in [0.05, 0.1) is 5.56 Å². The highest BCUT2D eigenvalue weighted by Gasteiger charge is 2.35. The van der Waals surface area contributed by atoms with Gasteiger partial charge < -0.3 is 4.74 Å². The number of cyclic esters (lactones) is 1. The molecule has 0 radical (unpaired) electrons. The van der Waals surface area contributed by atoms with Gasteiger partial charge in [-0.05, 0) is 42.7 Å². The molecular formula is C18H23FO2. The molecule has 1 aromatic rings. The molecule has 1 aliphatic carbocycles. The second-order valence-electron chi connectivity index (χ2n) is 6.57. The van der Waals surface area contributed by atoms with E-state index in [-0.39, 0.29) is 11.7 Å². The van der Waals surface area contributed by atoms with Crippen LogP contribution in [0.1, 0.15) is 60.5 Å². The number of carbonyl (C=O) groups is 1. The number of fused-ring (bicyclic) bond motifs is 1. The van der Waals surface area contributed by atoms with Crippen LogP contribution in [-0.2, 0) is 11.2 Å². The quantitative estimate of drug-likeness (QED) is 0.753. The molecule has 1 aromatic carbocycles. The average Bonchev–Trinajstić information content (AvgIpc) is 2.50. The van der Waals surface area contributed by atoms with Gasteiger partial charge in [-0.15, -0.1) is 0 Å². The van der Waals surface area contributed by atoms with Crippen molar-refractivity contribution in [2.24, 2.45) is 11.8 Å². The van der Waals surface area contributed by atoms with Gasteiger partial charge in [0.1, 0.15) is 11.9 Å². The van der Waals surface area contributed by atoms with Crippen molar-refractivity contribution in [2.75, 3.05) is 0 Å². The number of rotatable bonds is 2. The number of esters is 1. The fourth-order valence-corrected chi connectivity index (χ4v) is 3.80. The molecule has 0 amide bonds. The van der Waals surface area contributed by atoms with Crippen LogP contribution in [0.3, 0.4) is 0 Å². The fraction of sp³-hybridized carbons (Fsp3) is 0.611. The molecule has 2 nitrogen and oxygen atoms in total. The number of benzene rings is 1. The van der Waals surface area contributed by atoms with Gasteiger partial charge in [0.25, 0.3) is 0 Å². The van der Waals surface area contributed by atoms with E-state index >= 15 is 0 Å². The van der Waals surface area contributed by atoms with Crippen molar-refractivity contribution in [1.82, 2.24) is 0 Å². The van der Waals surface area contributed by atoms with Crippen molar-refractivity contribution in [3.63, 3.8) is 0 Å². The Kier molecular flexibility index (Phi) is 4.01. The zero-order valence-corrected chi connectivity index (χ0v) is 12.8. The summed E-state index contributed by atoms with van der Waals surface area (Å²) in [4.78, 5) is 12.2. The van der Waals surface area contributed by atoms with Crippen LogP contribution in [0.15, 0.2) is 12.1 Å². The Bertz CT molecular complexity index is 544. The third-order valence-corrected chi connectivity index (χ3v) is 5.30. The summed E-state index contributed by atoms with van der Waals surface area (Å²) in [6, 6.07) is 3.65. The van der Waals surface area contributed by atoms with E-state index in [0.29, 0.717) is 17.9 Å². The number of ether oxygens (including phenoxy) is 1. The van der Waals surface area contributed by atoms with E-state index in [1.54, 1.807) is 13.0 Å². The number of hydrogen-bond donors (Lipinski definition) is 0. The maximum atomic E-state index is 14.1. The minimum absolute atomic E-state index is 0.0649. The molecule has 0 aromatic heterocycles. The zero-order valence-electron chi connectivity index (χ0n) is 12.8. The Labute approximate surface area is 125 Å². The van der Waals surface area contributed by atoms with Gasteiger partial charge in [0.15, 0.2) is 0 Å². The average molecular weight is 290 g/mol. The predicted octanol–water partition coefficient (Wildman–Crippen LogP) is 4.43. The van der Waals surface area contributed by atoms with Crippen LogP contribution in [0.2, 0.25) is 0 Å². The van der Waals surface area contributed by atoms with Crippen LogP contribution in [-0.4, -0.2) is 12.1 Å². The van der Waals surface area contributed by atoms with Crippen LogP contribution in [0, 0.1) is 24.6 Å². The zero-order chi connectivity index (χ0) is 15.0. The Morgan fingerprint density at radius 1 is 1.24 bits per heavy atom. The van der Waals surface area contributed by atoms with Crippen LogP contribution in [0.25, 0.3) is 0 Å². The summed E-state index contributed by atoms with van der Waals surface area (Å²) in [5, 5.41) is 0. The number of hydrogen-bond acceptors (Lipinski definition) is 2. The molecule has 114 valence electrons. The molecule has 0 N–H and O–H groups in total. The van der Waals surface area contributed by atoms with E-state index in [2.05, 4.69) is 6.92 Å². The normalized spacial score (nSPS) is 28.9. The highest BCUT2D eigenvalue weighted by molar-refractivity contribution is 5.92. The number of carbonyl (C=O) groups excluding carboxylic acids is 1. The van der Waals surface area contributed by atoms with E-state index in [1.165, 1.54) is 19.3 Å². The molecule has 1 aliphatic heterocycles. The Morgan fingerprint density at radius 3 is 2.62 bits per heavy atom. The fourth-order valence-electron chi connectivity index (χ4n) is 3.80. The highest BCUT2D eigenvalue weighted by Crippen LogP contribution is 2.37. The van der Waals surface area contributed by atoms with E-state index < -0.39 is 11.8 Å². The van der Waals surface area contributed by atoms with Crippen LogP contribution >= 0.6 is 0 Å². The second kappa shape index (κ2) is 5.78. The minimum Gasteiger partial charge on any atom is -0.458 e. The van der Waals surface area contributed by atoms with Gasteiger partial charge >= 0.3 is 5.97 Å². The lowest BCUT2D eigenvalue weighted by atomic mass is 9.76.